The minimum absolute atomic E-state index is 0.0301. The molecule has 1 aromatic carbocycles. The van der Waals surface area contributed by atoms with Crippen LogP contribution in [0.15, 0.2) is 30.5 Å². The molecule has 3 aromatic heterocycles. The molecule has 3 heterocycles. The second kappa shape index (κ2) is 7.13. The second-order valence-corrected chi connectivity index (χ2v) is 7.38. The van der Waals surface area contributed by atoms with Gasteiger partial charge in [-0.2, -0.15) is 18.2 Å². The molecule has 0 radical (unpaired) electrons. The van der Waals surface area contributed by atoms with Crippen molar-refractivity contribution in [2.24, 2.45) is 14.1 Å². The number of aryl methyl sites for hydroxylation is 2. The summed E-state index contributed by atoms with van der Waals surface area (Å²) in [6, 6.07) is 6.88. The largest absolute Gasteiger partial charge is 0.434 e. The lowest BCUT2D eigenvalue weighted by molar-refractivity contribution is -0.140. The zero-order valence-electron chi connectivity index (χ0n) is 15.7. The van der Waals surface area contributed by atoms with Crippen LogP contribution in [0.25, 0.3) is 22.6 Å². The average molecular weight is 456 g/mol. The normalized spacial score (nSPS) is 12.1. The lowest BCUT2D eigenvalue weighted by Crippen LogP contribution is -2.23. The standard InChI is InChI=1S/C18H14Cl2F3N7/c1-28-8-11(18(21,22)23)25-14(28)10-5-3-9(4-6-10)7-30-15-12(29(2)17(30)24)13(19)26-16(20)27-15/h3-6,8,24H,7H2,1-2H3. The maximum absolute atomic E-state index is 12.9. The van der Waals surface area contributed by atoms with Crippen molar-refractivity contribution in [3.05, 3.63) is 57.8 Å². The first kappa shape index (κ1) is 20.4. The minimum atomic E-state index is -4.50. The van der Waals surface area contributed by atoms with Gasteiger partial charge in [-0.15, -0.1) is 0 Å². The molecule has 30 heavy (non-hydrogen) atoms. The second-order valence-electron chi connectivity index (χ2n) is 6.68. The molecule has 156 valence electrons. The lowest BCUT2D eigenvalue weighted by atomic mass is 10.1. The highest BCUT2D eigenvalue weighted by atomic mass is 35.5. The molecular weight excluding hydrogens is 442 g/mol. The number of hydrogen-bond acceptors (Lipinski definition) is 4. The van der Waals surface area contributed by atoms with E-state index in [2.05, 4.69) is 15.0 Å². The van der Waals surface area contributed by atoms with Crippen LogP contribution in [0.5, 0.6) is 0 Å². The van der Waals surface area contributed by atoms with Crippen LogP contribution in [0, 0.1) is 5.41 Å². The van der Waals surface area contributed by atoms with E-state index in [0.717, 1.165) is 11.8 Å². The molecule has 0 amide bonds. The van der Waals surface area contributed by atoms with Crippen LogP contribution in [0.3, 0.4) is 0 Å². The minimum Gasteiger partial charge on any atom is -0.333 e. The number of halogens is 5. The number of alkyl halides is 3. The fourth-order valence-corrected chi connectivity index (χ4v) is 3.72. The number of rotatable bonds is 3. The highest BCUT2D eigenvalue weighted by Gasteiger charge is 2.34. The molecule has 12 heteroatoms. The van der Waals surface area contributed by atoms with Gasteiger partial charge in [0.25, 0.3) is 0 Å². The zero-order valence-corrected chi connectivity index (χ0v) is 17.2. The van der Waals surface area contributed by atoms with Gasteiger partial charge in [-0.3, -0.25) is 9.98 Å². The molecule has 0 saturated heterocycles. The van der Waals surface area contributed by atoms with E-state index in [4.69, 9.17) is 28.6 Å². The van der Waals surface area contributed by atoms with E-state index < -0.39 is 11.9 Å². The Kier molecular flexibility index (Phi) is 4.86. The first-order valence-electron chi connectivity index (χ1n) is 8.59. The molecule has 4 aromatic rings. The third-order valence-corrected chi connectivity index (χ3v) is 5.11. The average Bonchev–Trinajstić information content (AvgIpc) is 3.16. The number of imidazole rings is 2. The van der Waals surface area contributed by atoms with E-state index in [1.54, 1.807) is 40.4 Å². The lowest BCUT2D eigenvalue weighted by Gasteiger charge is -2.07. The maximum Gasteiger partial charge on any atom is 0.434 e. The van der Waals surface area contributed by atoms with Gasteiger partial charge in [-0.25, -0.2) is 9.97 Å². The fourth-order valence-electron chi connectivity index (χ4n) is 3.22. The van der Waals surface area contributed by atoms with Crippen molar-refractivity contribution in [2.45, 2.75) is 12.7 Å². The molecule has 0 bridgehead atoms. The smallest absolute Gasteiger partial charge is 0.333 e. The molecule has 1 N–H and O–H groups in total. The van der Waals surface area contributed by atoms with Crippen molar-refractivity contribution in [2.75, 3.05) is 0 Å². The van der Waals surface area contributed by atoms with Crippen LogP contribution in [0.1, 0.15) is 11.3 Å². The molecule has 0 unspecified atom stereocenters. The molecule has 4 rings (SSSR count). The first-order chi connectivity index (χ1) is 14.1. The van der Waals surface area contributed by atoms with Crippen LogP contribution in [-0.4, -0.2) is 28.7 Å². The number of hydrogen-bond donors (Lipinski definition) is 1. The van der Waals surface area contributed by atoms with Gasteiger partial charge in [0.05, 0.1) is 6.54 Å². The van der Waals surface area contributed by atoms with Gasteiger partial charge in [0.1, 0.15) is 11.3 Å². The number of nitrogens with zero attached hydrogens (tertiary/aromatic N) is 6. The van der Waals surface area contributed by atoms with Crippen molar-refractivity contribution < 1.29 is 13.2 Å². The summed E-state index contributed by atoms with van der Waals surface area (Å²) in [5, 5.41) is 8.46. The van der Waals surface area contributed by atoms with E-state index in [0.29, 0.717) is 16.7 Å². The highest BCUT2D eigenvalue weighted by molar-refractivity contribution is 6.35. The Bertz CT molecular complexity index is 1320. The van der Waals surface area contributed by atoms with Crippen LogP contribution >= 0.6 is 23.2 Å². The van der Waals surface area contributed by atoms with Gasteiger partial charge in [0.2, 0.25) is 10.9 Å². The van der Waals surface area contributed by atoms with Crippen LogP contribution in [0.2, 0.25) is 10.4 Å². The molecular formula is C18H14Cl2F3N7. The van der Waals surface area contributed by atoms with Crippen LogP contribution in [0.4, 0.5) is 13.2 Å². The van der Waals surface area contributed by atoms with E-state index in [1.165, 1.54) is 11.6 Å². The van der Waals surface area contributed by atoms with Gasteiger partial charge in [-0.1, -0.05) is 35.9 Å². The summed E-state index contributed by atoms with van der Waals surface area (Å²) in [7, 11) is 3.18. The fraction of sp³-hybridized carbons (Fsp3) is 0.222. The molecule has 0 fully saturated rings. The molecule has 0 aliphatic heterocycles. The van der Waals surface area contributed by atoms with Crippen molar-refractivity contribution in [3.8, 4) is 11.4 Å². The molecule has 7 nitrogen and oxygen atoms in total. The van der Waals surface area contributed by atoms with Gasteiger partial charge in [0, 0.05) is 25.9 Å². The summed E-state index contributed by atoms with van der Waals surface area (Å²) >= 11 is 12.1. The van der Waals surface area contributed by atoms with Gasteiger partial charge in [-0.05, 0) is 17.2 Å². The summed E-state index contributed by atoms with van der Waals surface area (Å²) < 4.78 is 43.2. The topological polar surface area (TPSA) is 77.3 Å². The molecule has 0 saturated carbocycles. The molecule has 0 aliphatic carbocycles. The Morgan fingerprint density at radius 3 is 2.30 bits per heavy atom. The van der Waals surface area contributed by atoms with Gasteiger partial charge >= 0.3 is 6.18 Å². The molecule has 0 atom stereocenters. The summed E-state index contributed by atoms with van der Waals surface area (Å²) in [4.78, 5) is 11.8. The van der Waals surface area contributed by atoms with E-state index in [-0.39, 0.29) is 28.4 Å². The maximum atomic E-state index is 12.9. The zero-order chi connectivity index (χ0) is 21.8. The number of benzene rings is 1. The summed E-state index contributed by atoms with van der Waals surface area (Å²) in [6.45, 7) is 0.286. The quantitative estimate of drug-likeness (QED) is 0.374. The Labute approximate surface area is 177 Å². The molecule has 0 aliphatic rings. The predicted octanol–water partition coefficient (Wildman–Crippen LogP) is 4.02. The molecule has 0 spiro atoms. The van der Waals surface area contributed by atoms with Crippen molar-refractivity contribution in [3.63, 3.8) is 0 Å². The Morgan fingerprint density at radius 1 is 1.03 bits per heavy atom. The van der Waals surface area contributed by atoms with E-state index in [1.807, 2.05) is 0 Å². The number of fused-ring (bicyclic) bond motifs is 1. The van der Waals surface area contributed by atoms with Crippen LogP contribution < -0.4 is 5.62 Å². The monoisotopic (exact) mass is 455 g/mol. The Hall–Kier alpha value is -2.85. The van der Waals surface area contributed by atoms with Gasteiger partial charge in [0.15, 0.2) is 16.5 Å². The Morgan fingerprint density at radius 2 is 1.70 bits per heavy atom. The third kappa shape index (κ3) is 3.46. The number of nitrogens with one attached hydrogen (secondary N) is 1. The van der Waals surface area contributed by atoms with E-state index in [9.17, 15) is 13.2 Å². The number of aromatic nitrogens is 6. The highest BCUT2D eigenvalue weighted by Crippen LogP contribution is 2.30. The summed E-state index contributed by atoms with van der Waals surface area (Å²) in [5.74, 6) is 0.208. The van der Waals surface area contributed by atoms with Crippen molar-refractivity contribution >= 4 is 34.4 Å². The summed E-state index contributed by atoms with van der Waals surface area (Å²) in [5.41, 5.74) is 1.44. The van der Waals surface area contributed by atoms with Crippen molar-refractivity contribution in [1.82, 2.24) is 28.7 Å². The van der Waals surface area contributed by atoms with Crippen LogP contribution in [-0.2, 0) is 26.8 Å². The summed E-state index contributed by atoms with van der Waals surface area (Å²) in [6.07, 6.45) is -3.55. The van der Waals surface area contributed by atoms with Crippen molar-refractivity contribution in [1.29, 1.82) is 5.41 Å². The first-order valence-corrected chi connectivity index (χ1v) is 9.34. The Balaban J connectivity index is 1.70. The third-order valence-electron chi connectivity index (χ3n) is 4.68. The predicted molar refractivity (Wildman–Crippen MR) is 105 cm³/mol. The SMILES string of the molecule is Cn1cc(C(F)(F)F)nc1-c1ccc(Cn2c(=N)n(C)c3c(Cl)nc(Cl)nc32)cc1. The van der Waals surface area contributed by atoms with E-state index >= 15 is 0 Å². The van der Waals surface area contributed by atoms with Gasteiger partial charge < -0.3 is 9.13 Å².